The Morgan fingerprint density at radius 3 is 2.75 bits per heavy atom. The highest BCUT2D eigenvalue weighted by Gasteiger charge is 2.51. The summed E-state index contributed by atoms with van der Waals surface area (Å²) in [7, 11) is 0. The highest BCUT2D eigenvalue weighted by atomic mass is 16.2. The molecule has 7 nitrogen and oxygen atoms in total. The molecule has 1 aromatic heterocycles. The van der Waals surface area contributed by atoms with Crippen molar-refractivity contribution in [3.05, 3.63) is 88.6 Å². The van der Waals surface area contributed by atoms with Gasteiger partial charge in [0.25, 0.3) is 5.91 Å². The number of para-hydroxylation sites is 1. The summed E-state index contributed by atoms with van der Waals surface area (Å²) >= 11 is 0. The van der Waals surface area contributed by atoms with Crippen LogP contribution in [0, 0.1) is 0 Å². The second kappa shape index (κ2) is 6.75. The standard InChI is InChI=1S/C25H20N4O3/c30-21-11-20(17-4-1-2-6-19(17)27-21)28-23(31)14-7-8-15-12-25(13-16(15)10-14)18-5-3-9-26-22(18)29-24(25)32/h1-10,20H,11-13H2,(H,27,30)(H,28,31)(H,26,29,32). The molecule has 2 atom stereocenters. The smallest absolute Gasteiger partial charge is 0.251 e. The number of anilines is 2. The van der Waals surface area contributed by atoms with Gasteiger partial charge in [-0.25, -0.2) is 4.98 Å². The second-order valence-corrected chi connectivity index (χ2v) is 8.64. The van der Waals surface area contributed by atoms with Gasteiger partial charge in [0.1, 0.15) is 5.82 Å². The van der Waals surface area contributed by atoms with Crippen LogP contribution >= 0.6 is 0 Å². The Kier molecular flexibility index (Phi) is 3.95. The summed E-state index contributed by atoms with van der Waals surface area (Å²) in [5, 5.41) is 8.76. The van der Waals surface area contributed by atoms with E-state index >= 15 is 0 Å². The zero-order valence-electron chi connectivity index (χ0n) is 17.1. The Bertz CT molecular complexity index is 1320. The molecule has 0 fully saturated rings. The van der Waals surface area contributed by atoms with Crippen LogP contribution in [-0.2, 0) is 27.8 Å². The molecule has 6 rings (SSSR count). The van der Waals surface area contributed by atoms with Crippen LogP contribution in [0.2, 0.25) is 0 Å². The van der Waals surface area contributed by atoms with Crippen molar-refractivity contribution in [2.24, 2.45) is 0 Å². The van der Waals surface area contributed by atoms with Gasteiger partial charge in [0.15, 0.2) is 0 Å². The third-order valence-corrected chi connectivity index (χ3v) is 6.75. The van der Waals surface area contributed by atoms with Gasteiger partial charge in [-0.15, -0.1) is 0 Å². The quantitative estimate of drug-likeness (QED) is 0.589. The number of nitrogens with one attached hydrogen (secondary N) is 3. The number of hydrogen-bond donors (Lipinski definition) is 3. The molecule has 158 valence electrons. The predicted octanol–water partition coefficient (Wildman–Crippen LogP) is 2.88. The van der Waals surface area contributed by atoms with E-state index in [9.17, 15) is 14.4 Å². The van der Waals surface area contributed by atoms with Crippen molar-refractivity contribution in [1.82, 2.24) is 10.3 Å². The lowest BCUT2D eigenvalue weighted by Gasteiger charge is -2.26. The molecular weight excluding hydrogens is 404 g/mol. The first-order chi connectivity index (χ1) is 15.5. The number of fused-ring (bicyclic) bond motifs is 4. The van der Waals surface area contributed by atoms with Crippen molar-refractivity contribution in [3.63, 3.8) is 0 Å². The summed E-state index contributed by atoms with van der Waals surface area (Å²) in [5.74, 6) is 0.223. The van der Waals surface area contributed by atoms with Gasteiger partial charge in [-0.3, -0.25) is 14.4 Å². The van der Waals surface area contributed by atoms with E-state index in [1.807, 2.05) is 48.5 Å². The molecule has 3 amide bonds. The zero-order chi connectivity index (χ0) is 21.9. The summed E-state index contributed by atoms with van der Waals surface area (Å²) < 4.78 is 0. The van der Waals surface area contributed by atoms with Gasteiger partial charge < -0.3 is 16.0 Å². The minimum Gasteiger partial charge on any atom is -0.345 e. The van der Waals surface area contributed by atoms with E-state index in [1.165, 1.54) is 0 Å². The topological polar surface area (TPSA) is 100 Å². The Hall–Kier alpha value is -4.00. The van der Waals surface area contributed by atoms with Crippen molar-refractivity contribution in [1.29, 1.82) is 0 Å². The van der Waals surface area contributed by atoms with Crippen LogP contribution in [0.25, 0.3) is 0 Å². The van der Waals surface area contributed by atoms with Crippen LogP contribution in [0.15, 0.2) is 60.8 Å². The number of nitrogens with zero attached hydrogens (tertiary/aromatic N) is 1. The number of hydrogen-bond acceptors (Lipinski definition) is 4. The van der Waals surface area contributed by atoms with Crippen molar-refractivity contribution >= 4 is 29.2 Å². The summed E-state index contributed by atoms with van der Waals surface area (Å²) in [4.78, 5) is 42.3. The van der Waals surface area contributed by atoms with E-state index in [4.69, 9.17) is 0 Å². The molecule has 0 radical (unpaired) electrons. The molecule has 3 aromatic rings. The van der Waals surface area contributed by atoms with Gasteiger partial charge in [-0.2, -0.15) is 0 Å². The molecule has 3 aliphatic rings. The molecule has 32 heavy (non-hydrogen) atoms. The van der Waals surface area contributed by atoms with Gasteiger partial charge in [-0.1, -0.05) is 30.3 Å². The summed E-state index contributed by atoms with van der Waals surface area (Å²) in [6.45, 7) is 0. The normalized spacial score (nSPS) is 22.6. The average molecular weight is 424 g/mol. The molecule has 2 aliphatic heterocycles. The SMILES string of the molecule is O=C1CC(NC(=O)c2ccc3c(c2)CC2(C3)C(=O)Nc3ncccc32)c2ccccc2N1. The van der Waals surface area contributed by atoms with Crippen LogP contribution in [-0.4, -0.2) is 22.7 Å². The third kappa shape index (κ3) is 2.74. The van der Waals surface area contributed by atoms with Gasteiger partial charge in [-0.05, 0) is 53.8 Å². The maximum atomic E-state index is 13.1. The minimum absolute atomic E-state index is 0.0433. The molecule has 3 N–H and O–H groups in total. The maximum Gasteiger partial charge on any atom is 0.251 e. The fourth-order valence-electron chi connectivity index (χ4n) is 5.19. The fourth-order valence-corrected chi connectivity index (χ4v) is 5.19. The Balaban J connectivity index is 1.27. The molecule has 2 aromatic carbocycles. The summed E-state index contributed by atoms with van der Waals surface area (Å²) in [6, 6.07) is 16.5. The largest absolute Gasteiger partial charge is 0.345 e. The first-order valence-electron chi connectivity index (χ1n) is 10.6. The molecule has 2 unspecified atom stereocenters. The highest BCUT2D eigenvalue weighted by Crippen LogP contribution is 2.46. The summed E-state index contributed by atoms with van der Waals surface area (Å²) in [6.07, 6.45) is 2.99. The predicted molar refractivity (Wildman–Crippen MR) is 118 cm³/mol. The van der Waals surface area contributed by atoms with Crippen molar-refractivity contribution in [2.75, 3.05) is 10.6 Å². The Morgan fingerprint density at radius 1 is 1.00 bits per heavy atom. The Labute approximate surface area is 184 Å². The van der Waals surface area contributed by atoms with E-state index in [2.05, 4.69) is 20.9 Å². The number of carbonyl (C=O) groups excluding carboxylic acids is 3. The van der Waals surface area contributed by atoms with Gasteiger partial charge in [0, 0.05) is 23.0 Å². The maximum absolute atomic E-state index is 13.1. The molecule has 1 spiro atoms. The lowest BCUT2D eigenvalue weighted by Crippen LogP contribution is -2.35. The lowest BCUT2D eigenvalue weighted by molar-refractivity contribution is -0.120. The van der Waals surface area contributed by atoms with E-state index in [0.717, 1.165) is 27.9 Å². The van der Waals surface area contributed by atoms with Crippen LogP contribution in [0.5, 0.6) is 0 Å². The second-order valence-electron chi connectivity index (χ2n) is 8.64. The molecule has 1 aliphatic carbocycles. The minimum atomic E-state index is -0.665. The van der Waals surface area contributed by atoms with Crippen LogP contribution in [0.3, 0.4) is 0 Å². The fraction of sp³-hybridized carbons (Fsp3) is 0.200. The highest BCUT2D eigenvalue weighted by molar-refractivity contribution is 6.06. The number of rotatable bonds is 2. The van der Waals surface area contributed by atoms with E-state index in [-0.39, 0.29) is 30.2 Å². The lowest BCUT2D eigenvalue weighted by atomic mass is 9.79. The third-order valence-electron chi connectivity index (χ3n) is 6.75. The number of pyridine rings is 1. The van der Waals surface area contributed by atoms with E-state index in [1.54, 1.807) is 12.3 Å². The average Bonchev–Trinajstić information content (AvgIpc) is 3.31. The molecule has 0 saturated carbocycles. The van der Waals surface area contributed by atoms with Crippen molar-refractivity contribution in [3.8, 4) is 0 Å². The van der Waals surface area contributed by atoms with Gasteiger partial charge in [0.05, 0.1) is 17.9 Å². The first kappa shape index (κ1) is 18.7. The van der Waals surface area contributed by atoms with Gasteiger partial charge >= 0.3 is 0 Å². The Morgan fingerprint density at radius 2 is 1.84 bits per heavy atom. The summed E-state index contributed by atoms with van der Waals surface area (Å²) in [5.41, 5.74) is 4.45. The number of aromatic nitrogens is 1. The molecule has 0 saturated heterocycles. The van der Waals surface area contributed by atoms with Gasteiger partial charge in [0.2, 0.25) is 11.8 Å². The number of carbonyl (C=O) groups is 3. The van der Waals surface area contributed by atoms with E-state index < -0.39 is 5.41 Å². The van der Waals surface area contributed by atoms with Crippen LogP contribution in [0.4, 0.5) is 11.5 Å². The molecule has 7 heteroatoms. The number of amides is 3. The first-order valence-corrected chi connectivity index (χ1v) is 10.6. The number of benzene rings is 2. The molecule has 0 bridgehead atoms. The van der Waals surface area contributed by atoms with Crippen molar-refractivity contribution < 1.29 is 14.4 Å². The van der Waals surface area contributed by atoms with Crippen LogP contribution < -0.4 is 16.0 Å². The van der Waals surface area contributed by atoms with E-state index in [0.29, 0.717) is 24.2 Å². The monoisotopic (exact) mass is 424 g/mol. The zero-order valence-corrected chi connectivity index (χ0v) is 17.1. The van der Waals surface area contributed by atoms with Crippen molar-refractivity contribution in [2.45, 2.75) is 30.7 Å². The molecule has 3 heterocycles. The molecular formula is C25H20N4O3. The van der Waals surface area contributed by atoms with Crippen LogP contribution in [0.1, 0.15) is 45.1 Å².